The van der Waals surface area contributed by atoms with Gasteiger partial charge in [-0.05, 0) is 57.3 Å². The number of nitrogens with zero attached hydrogens (tertiary/aromatic N) is 6. The predicted octanol–water partition coefficient (Wildman–Crippen LogP) is 4.62. The molecular weight excluding hydrogens is 402 g/mol. The van der Waals surface area contributed by atoms with Crippen LogP contribution >= 0.6 is 0 Å². The Labute approximate surface area is 188 Å². The molecule has 0 amide bonds. The minimum atomic E-state index is -0.00105. The first kappa shape index (κ1) is 20.1. The van der Waals surface area contributed by atoms with E-state index in [0.717, 1.165) is 54.2 Å². The molecule has 8 nitrogen and oxygen atoms in total. The van der Waals surface area contributed by atoms with E-state index in [4.69, 9.17) is 19.7 Å². The van der Waals surface area contributed by atoms with Crippen molar-refractivity contribution in [2.75, 3.05) is 11.9 Å². The van der Waals surface area contributed by atoms with Gasteiger partial charge in [-0.15, -0.1) is 0 Å². The van der Waals surface area contributed by atoms with Crippen molar-refractivity contribution in [3.05, 3.63) is 18.2 Å². The third-order valence-corrected chi connectivity index (χ3v) is 7.32. The molecule has 3 fully saturated rings. The van der Waals surface area contributed by atoms with Gasteiger partial charge in [0.25, 0.3) is 0 Å². The van der Waals surface area contributed by atoms with E-state index in [1.54, 1.807) is 0 Å². The van der Waals surface area contributed by atoms with Gasteiger partial charge in [0, 0.05) is 31.0 Å². The van der Waals surface area contributed by atoms with Crippen molar-refractivity contribution in [1.29, 1.82) is 0 Å². The van der Waals surface area contributed by atoms with Crippen LogP contribution in [0, 0.1) is 5.92 Å². The third kappa shape index (κ3) is 3.89. The van der Waals surface area contributed by atoms with E-state index in [0.29, 0.717) is 12.0 Å². The molecule has 32 heavy (non-hydrogen) atoms. The van der Waals surface area contributed by atoms with Gasteiger partial charge in [0.2, 0.25) is 5.95 Å². The quantitative estimate of drug-likeness (QED) is 0.608. The number of nitrogens with one attached hydrogen (secondary N) is 1. The van der Waals surface area contributed by atoms with Crippen molar-refractivity contribution in [1.82, 2.24) is 29.3 Å². The van der Waals surface area contributed by atoms with Gasteiger partial charge in [-0.3, -0.25) is 9.25 Å². The van der Waals surface area contributed by atoms with Crippen molar-refractivity contribution in [2.45, 2.75) is 82.9 Å². The second-order valence-electron chi connectivity index (χ2n) is 9.80. The summed E-state index contributed by atoms with van der Waals surface area (Å²) in [7, 11) is 2.04. The second kappa shape index (κ2) is 8.46. The topological polar surface area (TPSA) is 82.7 Å². The zero-order chi connectivity index (χ0) is 21.5. The molecule has 6 rings (SSSR count). The van der Waals surface area contributed by atoms with Crippen molar-refractivity contribution in [3.8, 4) is 11.3 Å². The molecule has 3 aromatic rings. The van der Waals surface area contributed by atoms with Crippen LogP contribution in [0.4, 0.5) is 5.95 Å². The highest BCUT2D eigenvalue weighted by Crippen LogP contribution is 2.37. The molecule has 8 heteroatoms. The van der Waals surface area contributed by atoms with Gasteiger partial charge in [-0.25, -0.2) is 9.97 Å². The Bertz CT molecular complexity index is 1090. The first-order valence-electron chi connectivity index (χ1n) is 12.4. The Balaban J connectivity index is 1.45. The molecule has 3 aromatic heterocycles. The summed E-state index contributed by atoms with van der Waals surface area (Å²) in [6.07, 6.45) is 17.0. The zero-order valence-corrected chi connectivity index (χ0v) is 19.0. The monoisotopic (exact) mass is 435 g/mol. The van der Waals surface area contributed by atoms with Gasteiger partial charge in [-0.2, -0.15) is 10.1 Å². The number of hydrogen-bond acceptors (Lipinski definition) is 6. The summed E-state index contributed by atoms with van der Waals surface area (Å²) >= 11 is 0. The van der Waals surface area contributed by atoms with E-state index in [1.807, 2.05) is 24.3 Å². The zero-order valence-electron chi connectivity index (χ0n) is 19.0. The molecule has 0 bridgehead atoms. The molecule has 1 aliphatic heterocycles. The van der Waals surface area contributed by atoms with Gasteiger partial charge in [-0.1, -0.05) is 19.3 Å². The average molecular weight is 436 g/mol. The lowest BCUT2D eigenvalue weighted by molar-refractivity contribution is -0.0298. The normalized spacial score (nSPS) is 22.5. The van der Waals surface area contributed by atoms with Crippen LogP contribution in [0.25, 0.3) is 22.4 Å². The van der Waals surface area contributed by atoms with Crippen LogP contribution in [0.3, 0.4) is 0 Å². The summed E-state index contributed by atoms with van der Waals surface area (Å²) in [5.74, 6) is 1.48. The van der Waals surface area contributed by atoms with Crippen molar-refractivity contribution in [3.63, 3.8) is 0 Å². The smallest absolute Gasteiger partial charge is 0.225 e. The number of ether oxygens (including phenoxy) is 1. The summed E-state index contributed by atoms with van der Waals surface area (Å²) in [4.78, 5) is 14.8. The molecule has 4 heterocycles. The lowest BCUT2D eigenvalue weighted by Gasteiger charge is -2.25. The van der Waals surface area contributed by atoms with Crippen LogP contribution in [0.1, 0.15) is 76.1 Å². The highest BCUT2D eigenvalue weighted by molar-refractivity contribution is 5.89. The number of imidazole rings is 1. The lowest BCUT2D eigenvalue weighted by atomic mass is 9.96. The van der Waals surface area contributed by atoms with Crippen molar-refractivity contribution in [2.24, 2.45) is 13.0 Å². The fourth-order valence-electron chi connectivity index (χ4n) is 5.25. The van der Waals surface area contributed by atoms with E-state index in [1.165, 1.54) is 57.1 Å². The summed E-state index contributed by atoms with van der Waals surface area (Å²) in [5.41, 5.74) is 4.94. The van der Waals surface area contributed by atoms with Crippen LogP contribution in [0.15, 0.2) is 12.5 Å². The largest absolute Gasteiger partial charge is 0.358 e. The maximum atomic E-state index is 6.08. The van der Waals surface area contributed by atoms with Gasteiger partial charge in [0.15, 0.2) is 5.65 Å². The standard InChI is InChI=1S/C24H33N7O/c1-30-19(13-16-10-11-16)18(14-26-30)21-22-23(31(15-25-22)20-9-5-6-12-32-20)29-24(28-21)27-17-7-3-2-4-8-17/h14-17,20H,2-13H2,1H3,(H,27,28,29). The highest BCUT2D eigenvalue weighted by atomic mass is 16.5. The van der Waals surface area contributed by atoms with Crippen LogP contribution in [-0.2, 0) is 18.2 Å². The van der Waals surface area contributed by atoms with Crippen molar-refractivity contribution < 1.29 is 4.74 Å². The Kier molecular flexibility index (Phi) is 5.33. The molecule has 2 aliphatic carbocycles. The molecule has 1 atom stereocenters. The van der Waals surface area contributed by atoms with Crippen LogP contribution in [-0.4, -0.2) is 41.9 Å². The minimum Gasteiger partial charge on any atom is -0.358 e. The highest BCUT2D eigenvalue weighted by Gasteiger charge is 2.28. The first-order chi connectivity index (χ1) is 15.8. The average Bonchev–Trinajstić information content (AvgIpc) is 3.44. The second-order valence-corrected chi connectivity index (χ2v) is 9.80. The number of hydrogen-bond donors (Lipinski definition) is 1. The Morgan fingerprint density at radius 3 is 2.66 bits per heavy atom. The number of aryl methyl sites for hydroxylation is 1. The number of rotatable bonds is 6. The molecule has 2 saturated carbocycles. The molecule has 0 spiro atoms. The maximum absolute atomic E-state index is 6.08. The van der Waals surface area contributed by atoms with Crippen molar-refractivity contribution >= 4 is 17.1 Å². The first-order valence-corrected chi connectivity index (χ1v) is 12.4. The Morgan fingerprint density at radius 1 is 1.03 bits per heavy atom. The molecule has 1 saturated heterocycles. The number of aromatic nitrogens is 6. The van der Waals surface area contributed by atoms with Gasteiger partial charge >= 0.3 is 0 Å². The summed E-state index contributed by atoms with van der Waals surface area (Å²) in [5, 5.41) is 8.25. The van der Waals surface area contributed by atoms with Gasteiger partial charge in [0.05, 0.1) is 12.5 Å². The third-order valence-electron chi connectivity index (χ3n) is 7.32. The van der Waals surface area contributed by atoms with Crippen LogP contribution < -0.4 is 5.32 Å². The van der Waals surface area contributed by atoms with Gasteiger partial charge < -0.3 is 10.1 Å². The van der Waals surface area contributed by atoms with Crippen LogP contribution in [0.2, 0.25) is 0 Å². The lowest BCUT2D eigenvalue weighted by Crippen LogP contribution is -2.24. The molecular formula is C24H33N7O. The Morgan fingerprint density at radius 2 is 1.88 bits per heavy atom. The molecule has 3 aliphatic rings. The summed E-state index contributed by atoms with van der Waals surface area (Å²) < 4.78 is 10.2. The Hall–Kier alpha value is -2.48. The van der Waals surface area contributed by atoms with E-state index < -0.39 is 0 Å². The molecule has 0 radical (unpaired) electrons. The maximum Gasteiger partial charge on any atom is 0.225 e. The van der Waals surface area contributed by atoms with E-state index in [9.17, 15) is 0 Å². The van der Waals surface area contributed by atoms with Crippen LogP contribution in [0.5, 0.6) is 0 Å². The molecule has 1 N–H and O–H groups in total. The summed E-state index contributed by atoms with van der Waals surface area (Å²) in [6.45, 7) is 0.795. The minimum absolute atomic E-state index is 0.00105. The van der Waals surface area contributed by atoms with E-state index in [2.05, 4.69) is 15.0 Å². The van der Waals surface area contributed by atoms with Gasteiger partial charge in [0.1, 0.15) is 17.4 Å². The summed E-state index contributed by atoms with van der Waals surface area (Å²) in [6, 6.07) is 0.441. The SMILES string of the molecule is Cn1ncc(-c2nc(NC3CCCCC3)nc3c2ncn3C2CCCCO2)c1CC1CC1. The number of fused-ring (bicyclic) bond motifs is 1. The fraction of sp³-hybridized carbons (Fsp3) is 0.667. The van der Waals surface area contributed by atoms with E-state index >= 15 is 0 Å². The molecule has 0 aromatic carbocycles. The fourth-order valence-corrected chi connectivity index (χ4v) is 5.25. The number of anilines is 1. The predicted molar refractivity (Wildman–Crippen MR) is 123 cm³/mol. The molecule has 170 valence electrons. The van der Waals surface area contributed by atoms with E-state index in [-0.39, 0.29) is 6.23 Å². The molecule has 1 unspecified atom stereocenters.